The van der Waals surface area contributed by atoms with Crippen molar-refractivity contribution in [3.63, 3.8) is 0 Å². The summed E-state index contributed by atoms with van der Waals surface area (Å²) in [6.07, 6.45) is 5.56. The van der Waals surface area contributed by atoms with Crippen LogP contribution in [0.1, 0.15) is 39.3 Å². The fourth-order valence-corrected chi connectivity index (χ4v) is 4.36. The van der Waals surface area contributed by atoms with Gasteiger partial charge in [-0.05, 0) is 60.2 Å². The Morgan fingerprint density at radius 3 is 2.71 bits per heavy atom. The van der Waals surface area contributed by atoms with Gasteiger partial charge in [0.2, 0.25) is 0 Å². The fourth-order valence-electron chi connectivity index (χ4n) is 3.19. The first-order chi connectivity index (χ1) is 11.7. The van der Waals surface area contributed by atoms with Crippen LogP contribution in [-0.2, 0) is 12.8 Å². The van der Waals surface area contributed by atoms with E-state index in [4.69, 9.17) is 0 Å². The first-order valence-corrected chi connectivity index (χ1v) is 8.96. The molecule has 0 aliphatic heterocycles. The minimum Gasteiger partial charge on any atom is -0.345 e. The average Bonchev–Trinajstić information content (AvgIpc) is 3.07. The van der Waals surface area contributed by atoms with Gasteiger partial charge in [-0.1, -0.05) is 24.3 Å². The van der Waals surface area contributed by atoms with Crippen molar-refractivity contribution in [2.75, 3.05) is 0 Å². The lowest BCUT2D eigenvalue weighted by Gasteiger charge is -2.15. The van der Waals surface area contributed by atoms with Crippen LogP contribution in [0.15, 0.2) is 54.9 Å². The molecule has 120 valence electrons. The summed E-state index contributed by atoms with van der Waals surface area (Å²) in [5.74, 6) is -0.00352. The zero-order valence-corrected chi connectivity index (χ0v) is 14.3. The van der Waals surface area contributed by atoms with Gasteiger partial charge in [0, 0.05) is 17.3 Å². The predicted octanol–water partition coefficient (Wildman–Crippen LogP) is 4.40. The Bertz CT molecular complexity index is 886. The standard InChI is InChI=1S/C20H18N2OS/c1-13(14-8-10-21-11-9-14)22-20(23)18-12-16-7-6-15-4-2-3-5-17(15)19(16)24-18/h2-5,8-13H,6-7H2,1H3,(H,22,23). The second-order valence-corrected chi connectivity index (χ2v) is 7.15. The van der Waals surface area contributed by atoms with E-state index in [1.807, 2.05) is 19.1 Å². The zero-order valence-electron chi connectivity index (χ0n) is 13.5. The minimum atomic E-state index is -0.0353. The molecular weight excluding hydrogens is 316 g/mol. The maximum absolute atomic E-state index is 12.6. The molecule has 0 bridgehead atoms. The lowest BCUT2D eigenvalue weighted by Crippen LogP contribution is -2.25. The van der Waals surface area contributed by atoms with Gasteiger partial charge >= 0.3 is 0 Å². The summed E-state index contributed by atoms with van der Waals surface area (Å²) in [7, 11) is 0. The minimum absolute atomic E-state index is 0.00352. The van der Waals surface area contributed by atoms with E-state index in [1.165, 1.54) is 21.6 Å². The van der Waals surface area contributed by atoms with E-state index >= 15 is 0 Å². The summed E-state index contributed by atoms with van der Waals surface area (Å²) in [5.41, 5.74) is 5.01. The number of rotatable bonds is 3. The van der Waals surface area contributed by atoms with E-state index < -0.39 is 0 Å². The molecule has 1 aliphatic rings. The van der Waals surface area contributed by atoms with Gasteiger partial charge in [0.1, 0.15) is 0 Å². The van der Waals surface area contributed by atoms with E-state index in [-0.39, 0.29) is 11.9 Å². The molecular formula is C20H18N2OS. The van der Waals surface area contributed by atoms with Crippen LogP contribution in [0.25, 0.3) is 10.4 Å². The second kappa shape index (κ2) is 6.21. The molecule has 0 saturated carbocycles. The third-order valence-corrected chi connectivity index (χ3v) is 5.72. The Labute approximate surface area is 145 Å². The number of nitrogens with one attached hydrogen (secondary N) is 1. The molecule has 1 aromatic carbocycles. The predicted molar refractivity (Wildman–Crippen MR) is 97.3 cm³/mol. The van der Waals surface area contributed by atoms with Crippen LogP contribution in [0.3, 0.4) is 0 Å². The van der Waals surface area contributed by atoms with Crippen LogP contribution in [0, 0.1) is 0 Å². The van der Waals surface area contributed by atoms with Gasteiger partial charge in [-0.3, -0.25) is 9.78 Å². The van der Waals surface area contributed by atoms with Gasteiger partial charge in [-0.2, -0.15) is 0 Å². The number of aryl methyl sites for hydroxylation is 2. The maximum Gasteiger partial charge on any atom is 0.261 e. The van der Waals surface area contributed by atoms with Crippen molar-refractivity contribution < 1.29 is 4.79 Å². The van der Waals surface area contributed by atoms with Gasteiger partial charge in [0.05, 0.1) is 10.9 Å². The SMILES string of the molecule is CC(NC(=O)c1cc2c(s1)-c1ccccc1CC2)c1ccncc1. The van der Waals surface area contributed by atoms with Crippen molar-refractivity contribution in [2.45, 2.75) is 25.8 Å². The van der Waals surface area contributed by atoms with Crippen LogP contribution in [0.2, 0.25) is 0 Å². The number of benzene rings is 1. The van der Waals surface area contributed by atoms with E-state index in [1.54, 1.807) is 23.7 Å². The number of nitrogens with zero attached hydrogens (tertiary/aromatic N) is 1. The highest BCUT2D eigenvalue weighted by atomic mass is 32.1. The largest absolute Gasteiger partial charge is 0.345 e. The Balaban J connectivity index is 1.58. The molecule has 2 heterocycles. The number of thiophene rings is 1. The monoisotopic (exact) mass is 334 g/mol. The molecule has 1 aliphatic carbocycles. The van der Waals surface area contributed by atoms with Crippen LogP contribution in [0.4, 0.5) is 0 Å². The Morgan fingerprint density at radius 2 is 1.88 bits per heavy atom. The summed E-state index contributed by atoms with van der Waals surface area (Å²) in [5, 5.41) is 3.09. The van der Waals surface area contributed by atoms with Crippen molar-refractivity contribution in [1.29, 1.82) is 0 Å². The topological polar surface area (TPSA) is 42.0 Å². The molecule has 1 unspecified atom stereocenters. The fraction of sp³-hybridized carbons (Fsp3) is 0.200. The summed E-state index contributed by atoms with van der Waals surface area (Å²) in [6.45, 7) is 2.00. The number of fused-ring (bicyclic) bond motifs is 3. The smallest absolute Gasteiger partial charge is 0.261 e. The zero-order chi connectivity index (χ0) is 16.5. The molecule has 2 aromatic heterocycles. The van der Waals surface area contributed by atoms with Crippen molar-refractivity contribution in [3.8, 4) is 10.4 Å². The Kier molecular flexibility index (Phi) is 3.90. The van der Waals surface area contributed by atoms with Crippen molar-refractivity contribution >= 4 is 17.2 Å². The van der Waals surface area contributed by atoms with Gasteiger partial charge in [-0.15, -0.1) is 11.3 Å². The average molecular weight is 334 g/mol. The molecule has 4 rings (SSSR count). The number of carbonyl (C=O) groups is 1. The molecule has 0 fully saturated rings. The number of pyridine rings is 1. The molecule has 1 N–H and O–H groups in total. The molecule has 1 atom stereocenters. The molecule has 0 saturated heterocycles. The molecule has 3 aromatic rings. The van der Waals surface area contributed by atoms with Crippen LogP contribution < -0.4 is 5.32 Å². The highest BCUT2D eigenvalue weighted by Crippen LogP contribution is 2.39. The molecule has 3 nitrogen and oxygen atoms in total. The van der Waals surface area contributed by atoms with Crippen molar-refractivity contribution in [1.82, 2.24) is 10.3 Å². The summed E-state index contributed by atoms with van der Waals surface area (Å²) >= 11 is 1.60. The number of carbonyl (C=O) groups excluding carboxylic acids is 1. The van der Waals surface area contributed by atoms with Crippen LogP contribution >= 0.6 is 11.3 Å². The Hall–Kier alpha value is -2.46. The van der Waals surface area contributed by atoms with E-state index in [2.05, 4.69) is 40.6 Å². The molecule has 0 spiro atoms. The number of hydrogen-bond acceptors (Lipinski definition) is 3. The summed E-state index contributed by atoms with van der Waals surface area (Å²) in [6, 6.07) is 14.4. The molecule has 1 amide bonds. The van der Waals surface area contributed by atoms with E-state index in [0.29, 0.717) is 0 Å². The quantitative estimate of drug-likeness (QED) is 0.771. The van der Waals surface area contributed by atoms with Gasteiger partial charge < -0.3 is 5.32 Å². The van der Waals surface area contributed by atoms with Crippen molar-refractivity contribution in [3.05, 3.63) is 76.4 Å². The molecule has 0 radical (unpaired) electrons. The normalized spacial score (nSPS) is 13.7. The summed E-state index contributed by atoms with van der Waals surface area (Å²) in [4.78, 5) is 18.7. The summed E-state index contributed by atoms with van der Waals surface area (Å²) < 4.78 is 0. The van der Waals surface area contributed by atoms with E-state index in [9.17, 15) is 4.79 Å². The van der Waals surface area contributed by atoms with Gasteiger partial charge in [0.25, 0.3) is 5.91 Å². The molecule has 4 heteroatoms. The third-order valence-electron chi connectivity index (χ3n) is 4.51. The van der Waals surface area contributed by atoms with Gasteiger partial charge in [-0.25, -0.2) is 0 Å². The van der Waals surface area contributed by atoms with Crippen LogP contribution in [0.5, 0.6) is 0 Å². The first-order valence-electron chi connectivity index (χ1n) is 8.14. The third kappa shape index (κ3) is 2.74. The lowest BCUT2D eigenvalue weighted by atomic mass is 9.91. The van der Waals surface area contributed by atoms with E-state index in [0.717, 1.165) is 23.3 Å². The Morgan fingerprint density at radius 1 is 1.12 bits per heavy atom. The highest BCUT2D eigenvalue weighted by Gasteiger charge is 2.22. The maximum atomic E-state index is 12.6. The highest BCUT2D eigenvalue weighted by molar-refractivity contribution is 7.17. The van der Waals surface area contributed by atoms with Crippen LogP contribution in [-0.4, -0.2) is 10.9 Å². The number of aromatic nitrogens is 1. The lowest BCUT2D eigenvalue weighted by molar-refractivity contribution is 0.0944. The van der Waals surface area contributed by atoms with Crippen molar-refractivity contribution in [2.24, 2.45) is 0 Å². The van der Waals surface area contributed by atoms with Gasteiger partial charge in [0.15, 0.2) is 0 Å². The number of hydrogen-bond donors (Lipinski definition) is 1. The number of amides is 1. The molecule has 24 heavy (non-hydrogen) atoms. The first kappa shape index (κ1) is 15.1. The second-order valence-electron chi connectivity index (χ2n) is 6.10.